The summed E-state index contributed by atoms with van der Waals surface area (Å²) in [5.74, 6) is 0.965. The molecule has 2 atom stereocenters. The lowest BCUT2D eigenvalue weighted by Gasteiger charge is -2.16. The molecular formula is C32H36Cl2N4O4. The molecule has 0 unspecified atom stereocenters. The molecule has 0 bridgehead atoms. The Labute approximate surface area is 256 Å². The average molecular weight is 612 g/mol. The summed E-state index contributed by atoms with van der Waals surface area (Å²) in [6, 6.07) is 19.1. The van der Waals surface area contributed by atoms with Crippen LogP contribution < -0.4 is 20.1 Å². The number of aliphatic hydroxyl groups is 2. The third kappa shape index (κ3) is 7.21. The van der Waals surface area contributed by atoms with Crippen LogP contribution in [-0.2, 0) is 13.1 Å². The molecule has 0 radical (unpaired) electrons. The van der Waals surface area contributed by atoms with Gasteiger partial charge in [0.1, 0.15) is 0 Å². The topological polar surface area (TPSA) is 109 Å². The van der Waals surface area contributed by atoms with Crippen molar-refractivity contribution in [2.75, 3.05) is 27.4 Å². The molecule has 4 N–H and O–H groups in total. The van der Waals surface area contributed by atoms with Crippen LogP contribution >= 0.6 is 23.2 Å². The second kappa shape index (κ2) is 14.8. The molecular weight excluding hydrogens is 575 g/mol. The summed E-state index contributed by atoms with van der Waals surface area (Å²) in [6.07, 6.45) is 0. The lowest BCUT2D eigenvalue weighted by molar-refractivity contribution is 0.250. The Morgan fingerprint density at radius 2 is 1.02 bits per heavy atom. The Balaban J connectivity index is 1.68. The van der Waals surface area contributed by atoms with Gasteiger partial charge >= 0.3 is 0 Å². The summed E-state index contributed by atoms with van der Waals surface area (Å²) < 4.78 is 11.1. The van der Waals surface area contributed by atoms with Crippen molar-refractivity contribution < 1.29 is 19.7 Å². The van der Waals surface area contributed by atoms with E-state index < -0.39 is 0 Å². The van der Waals surface area contributed by atoms with Crippen LogP contribution in [0.4, 0.5) is 0 Å². The highest BCUT2D eigenvalue weighted by molar-refractivity contribution is 6.39. The van der Waals surface area contributed by atoms with Crippen molar-refractivity contribution in [1.82, 2.24) is 20.6 Å². The maximum atomic E-state index is 9.31. The lowest BCUT2D eigenvalue weighted by Crippen LogP contribution is -2.28. The zero-order chi connectivity index (χ0) is 30.2. The Morgan fingerprint density at radius 3 is 1.38 bits per heavy atom. The second-order valence-corrected chi connectivity index (χ2v) is 10.7. The molecule has 0 aliphatic carbocycles. The Hall–Kier alpha value is -3.24. The van der Waals surface area contributed by atoms with Crippen LogP contribution in [0.2, 0.25) is 10.0 Å². The summed E-state index contributed by atoms with van der Waals surface area (Å²) >= 11 is 14.0. The molecule has 4 aromatic rings. The van der Waals surface area contributed by atoms with Gasteiger partial charge in [-0.15, -0.1) is 0 Å². The number of halogens is 2. The van der Waals surface area contributed by atoms with Crippen LogP contribution in [0, 0.1) is 0 Å². The largest absolute Gasteiger partial charge is 0.481 e. The number of aromatic nitrogens is 2. The quantitative estimate of drug-likeness (QED) is 0.152. The number of nitrogens with zero attached hydrogens (tertiary/aromatic N) is 2. The molecule has 0 amide bonds. The monoisotopic (exact) mass is 610 g/mol. The minimum absolute atomic E-state index is 0.0388. The number of rotatable bonds is 13. The van der Waals surface area contributed by atoms with Crippen molar-refractivity contribution in [1.29, 1.82) is 0 Å². The minimum atomic E-state index is -0.0482. The van der Waals surface area contributed by atoms with E-state index in [0.717, 1.165) is 33.4 Å². The fraction of sp³-hybridized carbons (Fsp3) is 0.312. The number of nitrogens with one attached hydrogen (secondary N) is 2. The fourth-order valence-electron chi connectivity index (χ4n) is 4.43. The van der Waals surface area contributed by atoms with Crippen molar-refractivity contribution in [3.8, 4) is 45.4 Å². The molecule has 222 valence electrons. The van der Waals surface area contributed by atoms with E-state index in [9.17, 15) is 10.2 Å². The lowest BCUT2D eigenvalue weighted by atomic mass is 9.98. The smallest absolute Gasteiger partial charge is 0.218 e. The van der Waals surface area contributed by atoms with Crippen molar-refractivity contribution in [2.24, 2.45) is 0 Å². The molecule has 2 aromatic carbocycles. The first kappa shape index (κ1) is 31.7. The predicted molar refractivity (Wildman–Crippen MR) is 168 cm³/mol. The van der Waals surface area contributed by atoms with Gasteiger partial charge in [-0.2, -0.15) is 0 Å². The molecule has 0 saturated heterocycles. The van der Waals surface area contributed by atoms with Crippen molar-refractivity contribution in [2.45, 2.75) is 39.0 Å². The van der Waals surface area contributed by atoms with Crippen LogP contribution in [0.25, 0.3) is 33.6 Å². The number of benzene rings is 2. The molecule has 0 aliphatic rings. The van der Waals surface area contributed by atoms with Crippen LogP contribution in [0.3, 0.4) is 0 Å². The van der Waals surface area contributed by atoms with Gasteiger partial charge in [0.2, 0.25) is 11.8 Å². The summed E-state index contributed by atoms with van der Waals surface area (Å²) in [4.78, 5) is 9.44. The predicted octanol–water partition coefficient (Wildman–Crippen LogP) is 5.74. The van der Waals surface area contributed by atoms with Crippen LogP contribution in [-0.4, -0.2) is 59.7 Å². The van der Waals surface area contributed by atoms with Crippen LogP contribution in [0.15, 0.2) is 60.7 Å². The first-order valence-corrected chi connectivity index (χ1v) is 14.4. The third-order valence-corrected chi connectivity index (χ3v) is 7.75. The SMILES string of the molecule is COc1nc(-c2cccc(-c3cccc(-c4ccc(CN[C@H](C)CO)c(OC)n4)c3Cl)c2Cl)ccc1CN[C@H](C)CO. The van der Waals surface area contributed by atoms with E-state index in [1.807, 2.05) is 74.5 Å². The minimum Gasteiger partial charge on any atom is -0.481 e. The third-order valence-electron chi connectivity index (χ3n) is 6.93. The highest BCUT2D eigenvalue weighted by Crippen LogP contribution is 2.42. The number of ether oxygens (including phenoxy) is 2. The molecule has 42 heavy (non-hydrogen) atoms. The number of pyridine rings is 2. The maximum Gasteiger partial charge on any atom is 0.218 e. The Bertz CT molecular complexity index is 1410. The Kier molecular flexibility index (Phi) is 11.2. The van der Waals surface area contributed by atoms with Gasteiger partial charge in [0.15, 0.2) is 0 Å². The zero-order valence-electron chi connectivity index (χ0n) is 24.1. The summed E-state index contributed by atoms with van der Waals surface area (Å²) in [6.45, 7) is 4.90. The number of hydrogen-bond acceptors (Lipinski definition) is 8. The van der Waals surface area contributed by atoms with E-state index in [2.05, 4.69) is 10.6 Å². The van der Waals surface area contributed by atoms with Gasteiger partial charge in [-0.1, -0.05) is 71.7 Å². The van der Waals surface area contributed by atoms with E-state index in [4.69, 9.17) is 42.6 Å². The summed E-state index contributed by atoms with van der Waals surface area (Å²) in [5.41, 5.74) is 6.07. The van der Waals surface area contributed by atoms with Crippen molar-refractivity contribution in [3.63, 3.8) is 0 Å². The Morgan fingerprint density at radius 1 is 0.643 bits per heavy atom. The standard InChI is InChI=1S/C32H36Cl2N4O4/c1-19(17-39)35-15-21-11-13-27(37-31(21)41-3)25-9-5-7-23(29(25)33)24-8-6-10-26(30(24)34)28-14-12-22(32(38-28)42-4)16-36-20(2)18-40/h5-14,19-20,35-36,39-40H,15-18H2,1-4H3/t19-,20-/m1/s1. The zero-order valence-corrected chi connectivity index (χ0v) is 25.6. The van der Waals surface area contributed by atoms with E-state index in [1.54, 1.807) is 14.2 Å². The molecule has 4 rings (SSSR count). The van der Waals surface area contributed by atoms with Crippen molar-refractivity contribution in [3.05, 3.63) is 81.8 Å². The molecule has 0 saturated carbocycles. The number of hydrogen-bond donors (Lipinski definition) is 4. The van der Waals surface area contributed by atoms with Gasteiger partial charge < -0.3 is 30.3 Å². The average Bonchev–Trinajstić information content (AvgIpc) is 3.02. The highest BCUT2D eigenvalue weighted by atomic mass is 35.5. The second-order valence-electron chi connectivity index (χ2n) is 9.99. The summed E-state index contributed by atoms with van der Waals surface area (Å²) in [7, 11) is 3.16. The van der Waals surface area contributed by atoms with Gasteiger partial charge in [-0.05, 0) is 26.0 Å². The van der Waals surface area contributed by atoms with Gasteiger partial charge in [0.05, 0.1) is 48.9 Å². The van der Waals surface area contributed by atoms with E-state index >= 15 is 0 Å². The normalized spacial score (nSPS) is 12.7. The fourth-order valence-corrected chi connectivity index (χ4v) is 5.08. The van der Waals surface area contributed by atoms with Crippen molar-refractivity contribution >= 4 is 23.2 Å². The van der Waals surface area contributed by atoms with Crippen LogP contribution in [0.1, 0.15) is 25.0 Å². The first-order valence-electron chi connectivity index (χ1n) is 13.7. The maximum absolute atomic E-state index is 9.31. The van der Waals surface area contributed by atoms with Gasteiger partial charge in [0.25, 0.3) is 0 Å². The molecule has 2 aromatic heterocycles. The highest BCUT2D eigenvalue weighted by Gasteiger charge is 2.18. The van der Waals surface area contributed by atoms with Gasteiger partial charge in [-0.3, -0.25) is 0 Å². The molecule has 8 nitrogen and oxygen atoms in total. The summed E-state index contributed by atoms with van der Waals surface area (Å²) in [5, 5.41) is 26.1. The molecule has 0 aliphatic heterocycles. The van der Waals surface area contributed by atoms with E-state index in [0.29, 0.717) is 46.3 Å². The van der Waals surface area contributed by atoms with Gasteiger partial charge in [0, 0.05) is 58.6 Å². The first-order chi connectivity index (χ1) is 20.3. The molecule has 2 heterocycles. The number of aliphatic hydroxyl groups excluding tert-OH is 2. The van der Waals surface area contributed by atoms with E-state index in [1.165, 1.54) is 0 Å². The molecule has 0 spiro atoms. The van der Waals surface area contributed by atoms with Crippen LogP contribution in [0.5, 0.6) is 11.8 Å². The van der Waals surface area contributed by atoms with Gasteiger partial charge in [-0.25, -0.2) is 9.97 Å². The molecule has 0 fully saturated rings. The molecule has 10 heteroatoms. The number of methoxy groups -OCH3 is 2. The van der Waals surface area contributed by atoms with E-state index in [-0.39, 0.29) is 25.3 Å².